The van der Waals surface area contributed by atoms with E-state index in [4.69, 9.17) is 20.3 Å². The molecular weight excluding hydrogens is 234 g/mol. The highest BCUT2D eigenvalue weighted by molar-refractivity contribution is 5.44. The molecule has 0 aliphatic heterocycles. The van der Waals surface area contributed by atoms with Gasteiger partial charge in [-0.2, -0.15) is 0 Å². The van der Waals surface area contributed by atoms with Gasteiger partial charge in [-0.3, -0.25) is 0 Å². The summed E-state index contributed by atoms with van der Waals surface area (Å²) in [4.78, 5) is 7.85. The van der Waals surface area contributed by atoms with E-state index >= 15 is 0 Å². The number of hydrogen-bond acceptors (Lipinski definition) is 6. The molecule has 2 rings (SSSR count). The number of hydrogen-bond donors (Lipinski definition) is 2. The highest BCUT2D eigenvalue weighted by atomic mass is 16.5. The number of aromatic nitrogens is 2. The van der Waals surface area contributed by atoms with Crippen molar-refractivity contribution in [3.05, 3.63) is 36.2 Å². The molecule has 0 fully saturated rings. The number of methoxy groups -OCH3 is 1. The highest BCUT2D eigenvalue weighted by Gasteiger charge is 2.07. The fourth-order valence-corrected chi connectivity index (χ4v) is 1.39. The standard InChI is InChI=1S/C12H13N3O3/c1-17-10-4-8(7-16)2-3-9(10)18-12-6-14-11(13)5-15-12/h2-6,16H,7H2,1H3,(H2,13,14). The maximum absolute atomic E-state index is 9.04. The van der Waals surface area contributed by atoms with Crippen molar-refractivity contribution >= 4 is 5.82 Å². The van der Waals surface area contributed by atoms with Gasteiger partial charge in [0.25, 0.3) is 0 Å². The minimum absolute atomic E-state index is 0.0572. The van der Waals surface area contributed by atoms with Crippen molar-refractivity contribution in [2.24, 2.45) is 0 Å². The maximum atomic E-state index is 9.04. The summed E-state index contributed by atoms with van der Waals surface area (Å²) in [5.41, 5.74) is 6.17. The van der Waals surface area contributed by atoms with Crippen LogP contribution in [0.25, 0.3) is 0 Å². The topological polar surface area (TPSA) is 90.5 Å². The number of nitrogens with two attached hydrogens (primary N) is 1. The van der Waals surface area contributed by atoms with Gasteiger partial charge in [0.1, 0.15) is 5.82 Å². The Bertz CT molecular complexity index is 529. The molecule has 6 heteroatoms. The second kappa shape index (κ2) is 5.33. The van der Waals surface area contributed by atoms with Crippen LogP contribution in [-0.2, 0) is 6.61 Å². The lowest BCUT2D eigenvalue weighted by Gasteiger charge is -2.10. The van der Waals surface area contributed by atoms with Crippen LogP contribution in [0.5, 0.6) is 17.4 Å². The minimum Gasteiger partial charge on any atom is -0.493 e. The van der Waals surface area contributed by atoms with Gasteiger partial charge in [-0.25, -0.2) is 9.97 Å². The molecule has 6 nitrogen and oxygen atoms in total. The fraction of sp³-hybridized carbons (Fsp3) is 0.167. The molecule has 1 heterocycles. The van der Waals surface area contributed by atoms with Gasteiger partial charge in [0, 0.05) is 0 Å². The van der Waals surface area contributed by atoms with E-state index in [-0.39, 0.29) is 6.61 Å². The number of benzene rings is 1. The van der Waals surface area contributed by atoms with Crippen molar-refractivity contribution < 1.29 is 14.6 Å². The van der Waals surface area contributed by atoms with Crippen molar-refractivity contribution in [2.45, 2.75) is 6.61 Å². The van der Waals surface area contributed by atoms with Crippen molar-refractivity contribution in [2.75, 3.05) is 12.8 Å². The Kier molecular flexibility index (Phi) is 3.59. The first-order valence-electron chi connectivity index (χ1n) is 5.26. The largest absolute Gasteiger partial charge is 0.493 e. The van der Waals surface area contributed by atoms with Gasteiger partial charge in [0.05, 0.1) is 26.1 Å². The Labute approximate surface area is 104 Å². The van der Waals surface area contributed by atoms with E-state index in [2.05, 4.69) is 9.97 Å². The molecule has 0 saturated carbocycles. The predicted octanol–water partition coefficient (Wildman–Crippen LogP) is 1.35. The normalized spacial score (nSPS) is 10.1. The predicted molar refractivity (Wildman–Crippen MR) is 65.4 cm³/mol. The zero-order valence-electron chi connectivity index (χ0n) is 9.83. The van der Waals surface area contributed by atoms with Gasteiger partial charge >= 0.3 is 0 Å². The van der Waals surface area contributed by atoms with Gasteiger partial charge in [-0.15, -0.1) is 0 Å². The third-order valence-electron chi connectivity index (χ3n) is 2.27. The average molecular weight is 247 g/mol. The summed E-state index contributed by atoms with van der Waals surface area (Å²) in [6.45, 7) is -0.0572. The first-order valence-corrected chi connectivity index (χ1v) is 5.26. The molecule has 0 aliphatic carbocycles. The Hall–Kier alpha value is -2.34. The van der Waals surface area contributed by atoms with Crippen LogP contribution in [0.15, 0.2) is 30.6 Å². The third-order valence-corrected chi connectivity index (χ3v) is 2.27. The molecule has 1 aromatic carbocycles. The number of nitrogens with zero attached hydrogens (tertiary/aromatic N) is 2. The third kappa shape index (κ3) is 2.67. The Morgan fingerprint density at radius 1 is 1.22 bits per heavy atom. The average Bonchev–Trinajstić information content (AvgIpc) is 2.41. The molecule has 18 heavy (non-hydrogen) atoms. The van der Waals surface area contributed by atoms with E-state index in [1.807, 2.05) is 0 Å². The zero-order valence-corrected chi connectivity index (χ0v) is 9.83. The molecule has 3 N–H and O–H groups in total. The van der Waals surface area contributed by atoms with Crippen molar-refractivity contribution in [1.29, 1.82) is 0 Å². The monoisotopic (exact) mass is 247 g/mol. The molecule has 2 aromatic rings. The number of ether oxygens (including phenoxy) is 2. The molecule has 0 saturated heterocycles. The Morgan fingerprint density at radius 2 is 2.06 bits per heavy atom. The smallest absolute Gasteiger partial charge is 0.238 e. The summed E-state index contributed by atoms with van der Waals surface area (Å²) in [5, 5.41) is 9.04. The van der Waals surface area contributed by atoms with Crippen molar-refractivity contribution in [1.82, 2.24) is 9.97 Å². The Balaban J connectivity index is 2.25. The summed E-state index contributed by atoms with van der Waals surface area (Å²) < 4.78 is 10.7. The van der Waals surface area contributed by atoms with Crippen LogP contribution in [-0.4, -0.2) is 22.2 Å². The lowest BCUT2D eigenvalue weighted by Crippen LogP contribution is -1.96. The molecule has 1 aromatic heterocycles. The molecule has 0 bridgehead atoms. The minimum atomic E-state index is -0.0572. The van der Waals surface area contributed by atoms with Crippen LogP contribution >= 0.6 is 0 Å². The van der Waals surface area contributed by atoms with Gasteiger partial charge in [0.15, 0.2) is 11.5 Å². The molecule has 0 amide bonds. The summed E-state index contributed by atoms with van der Waals surface area (Å²) in [7, 11) is 1.53. The number of aliphatic hydroxyl groups is 1. The summed E-state index contributed by atoms with van der Waals surface area (Å²) in [5.74, 6) is 1.65. The number of nitrogen functional groups attached to an aromatic ring is 1. The van der Waals surface area contributed by atoms with Crippen LogP contribution in [0.1, 0.15) is 5.56 Å². The zero-order chi connectivity index (χ0) is 13.0. The fourth-order valence-electron chi connectivity index (χ4n) is 1.39. The van der Waals surface area contributed by atoms with Crippen molar-refractivity contribution in [3.63, 3.8) is 0 Å². The Morgan fingerprint density at radius 3 is 2.67 bits per heavy atom. The molecular formula is C12H13N3O3. The van der Waals surface area contributed by atoms with Gasteiger partial charge in [0.2, 0.25) is 5.88 Å². The van der Waals surface area contributed by atoms with E-state index in [9.17, 15) is 0 Å². The van der Waals surface area contributed by atoms with Gasteiger partial charge in [-0.1, -0.05) is 6.07 Å². The number of aliphatic hydroxyl groups excluding tert-OH is 1. The van der Waals surface area contributed by atoms with Gasteiger partial charge in [-0.05, 0) is 17.7 Å². The molecule has 0 spiro atoms. The summed E-state index contributed by atoms with van der Waals surface area (Å²) in [6, 6.07) is 5.13. The van der Waals surface area contributed by atoms with Crippen LogP contribution in [0, 0.1) is 0 Å². The second-order valence-corrected chi connectivity index (χ2v) is 3.52. The number of anilines is 1. The number of rotatable bonds is 4. The van der Waals surface area contributed by atoms with E-state index in [0.717, 1.165) is 5.56 Å². The van der Waals surface area contributed by atoms with Gasteiger partial charge < -0.3 is 20.3 Å². The van der Waals surface area contributed by atoms with E-state index in [1.165, 1.54) is 19.5 Å². The molecule has 0 aliphatic rings. The quantitative estimate of drug-likeness (QED) is 0.847. The SMILES string of the molecule is COc1cc(CO)ccc1Oc1cnc(N)cn1. The van der Waals surface area contributed by atoms with Crippen LogP contribution in [0.4, 0.5) is 5.82 Å². The van der Waals surface area contributed by atoms with Crippen LogP contribution < -0.4 is 15.2 Å². The lowest BCUT2D eigenvalue weighted by molar-refractivity contribution is 0.280. The highest BCUT2D eigenvalue weighted by Crippen LogP contribution is 2.31. The van der Waals surface area contributed by atoms with Crippen LogP contribution in [0.2, 0.25) is 0 Å². The molecule has 0 unspecified atom stereocenters. The van der Waals surface area contributed by atoms with E-state index in [1.54, 1.807) is 18.2 Å². The first-order chi connectivity index (χ1) is 8.72. The van der Waals surface area contributed by atoms with Crippen molar-refractivity contribution in [3.8, 4) is 17.4 Å². The second-order valence-electron chi connectivity index (χ2n) is 3.52. The molecule has 0 atom stereocenters. The molecule has 94 valence electrons. The maximum Gasteiger partial charge on any atom is 0.238 e. The summed E-state index contributed by atoms with van der Waals surface area (Å²) >= 11 is 0. The molecule has 0 radical (unpaired) electrons. The lowest BCUT2D eigenvalue weighted by atomic mass is 10.2. The summed E-state index contributed by atoms with van der Waals surface area (Å²) in [6.07, 6.45) is 2.83. The van der Waals surface area contributed by atoms with E-state index < -0.39 is 0 Å². The van der Waals surface area contributed by atoms with E-state index in [0.29, 0.717) is 23.2 Å². The van der Waals surface area contributed by atoms with Crippen LogP contribution in [0.3, 0.4) is 0 Å². The first kappa shape index (κ1) is 12.1.